The second-order valence-electron chi connectivity index (χ2n) is 4.03. The van der Waals surface area contributed by atoms with Crippen molar-refractivity contribution in [2.75, 3.05) is 13.1 Å². The summed E-state index contributed by atoms with van der Waals surface area (Å²) in [6.07, 6.45) is 0. The summed E-state index contributed by atoms with van der Waals surface area (Å²) in [5.74, 6) is -0.240. The van der Waals surface area contributed by atoms with Crippen molar-refractivity contribution in [3.63, 3.8) is 0 Å². The summed E-state index contributed by atoms with van der Waals surface area (Å²) in [6, 6.07) is 4.84. The molecule has 0 spiro atoms. The van der Waals surface area contributed by atoms with Crippen molar-refractivity contribution in [1.82, 2.24) is 10.2 Å². The second kappa shape index (κ2) is 6.03. The number of halogens is 2. The average molecular weight is 319 g/mol. The van der Waals surface area contributed by atoms with E-state index in [1.807, 2.05) is 0 Å². The number of hydrogen-bond donors (Lipinski definition) is 1. The topological polar surface area (TPSA) is 49.4 Å². The van der Waals surface area contributed by atoms with Crippen LogP contribution in [0.2, 0.25) is 10.0 Å². The quantitative estimate of drug-likeness (QED) is 0.871. The molecule has 1 aromatic rings. The van der Waals surface area contributed by atoms with Crippen molar-refractivity contribution in [3.05, 3.63) is 28.2 Å². The van der Waals surface area contributed by atoms with Gasteiger partial charge in [0.05, 0.1) is 15.3 Å². The van der Waals surface area contributed by atoms with Gasteiger partial charge in [-0.25, -0.2) is 4.79 Å². The molecule has 1 heterocycles. The fraction of sp³-hybridized carbons (Fsp3) is 0.333. The Labute approximate surface area is 125 Å². The molecule has 0 radical (unpaired) electrons. The van der Waals surface area contributed by atoms with Crippen molar-refractivity contribution in [3.8, 4) is 0 Å². The molecule has 7 heteroatoms. The maximum Gasteiger partial charge on any atom is 0.324 e. The molecule has 3 amide bonds. The highest BCUT2D eigenvalue weighted by Gasteiger charge is 2.30. The number of nitrogens with one attached hydrogen (secondary N) is 1. The first kappa shape index (κ1) is 14.5. The molecule has 1 unspecified atom stereocenters. The van der Waals surface area contributed by atoms with Gasteiger partial charge in [0.15, 0.2) is 0 Å². The van der Waals surface area contributed by atoms with Crippen LogP contribution in [0.5, 0.6) is 0 Å². The van der Waals surface area contributed by atoms with Crippen molar-refractivity contribution in [2.24, 2.45) is 0 Å². The van der Waals surface area contributed by atoms with Gasteiger partial charge in [0.1, 0.15) is 0 Å². The van der Waals surface area contributed by atoms with E-state index in [0.717, 1.165) is 0 Å². The lowest BCUT2D eigenvalue weighted by Crippen LogP contribution is -2.38. The number of nitrogens with zero attached hydrogens (tertiary/aromatic N) is 1. The Morgan fingerprint density at radius 3 is 2.58 bits per heavy atom. The lowest BCUT2D eigenvalue weighted by molar-refractivity contribution is -0.126. The van der Waals surface area contributed by atoms with Crippen molar-refractivity contribution in [1.29, 1.82) is 0 Å². The summed E-state index contributed by atoms with van der Waals surface area (Å²) >= 11 is 13.4. The minimum Gasteiger partial charge on any atom is -0.336 e. The molecule has 0 aliphatic carbocycles. The third kappa shape index (κ3) is 3.16. The number of thioether (sulfide) groups is 1. The molecule has 1 aliphatic heterocycles. The first-order valence-electron chi connectivity index (χ1n) is 5.70. The average Bonchev–Trinajstić information content (AvgIpc) is 2.79. The molecular weight excluding hydrogens is 307 g/mol. The second-order valence-corrected chi connectivity index (χ2v) is 6.20. The van der Waals surface area contributed by atoms with Gasteiger partial charge in [-0.2, -0.15) is 0 Å². The maximum absolute atomic E-state index is 12.1. The number of carbonyl (C=O) groups is 2. The summed E-state index contributed by atoms with van der Waals surface area (Å²) in [6.45, 7) is 2.63. The van der Waals surface area contributed by atoms with Crippen LogP contribution in [0.15, 0.2) is 23.1 Å². The summed E-state index contributed by atoms with van der Waals surface area (Å²) in [5.41, 5.74) is 0. The Morgan fingerprint density at radius 1 is 1.42 bits per heavy atom. The van der Waals surface area contributed by atoms with Gasteiger partial charge >= 0.3 is 6.03 Å². The summed E-state index contributed by atoms with van der Waals surface area (Å²) in [7, 11) is 0. The molecule has 1 saturated heterocycles. The largest absolute Gasteiger partial charge is 0.336 e. The highest BCUT2D eigenvalue weighted by Crippen LogP contribution is 2.36. The fourth-order valence-corrected chi connectivity index (χ4v) is 3.33. The Hall–Kier alpha value is -0.910. The van der Waals surface area contributed by atoms with Crippen LogP contribution in [0.3, 0.4) is 0 Å². The van der Waals surface area contributed by atoms with Crippen molar-refractivity contribution >= 4 is 46.9 Å². The number of hydrogen-bond acceptors (Lipinski definition) is 3. The molecule has 0 saturated carbocycles. The van der Waals surface area contributed by atoms with Gasteiger partial charge in [-0.1, -0.05) is 29.3 Å². The zero-order valence-corrected chi connectivity index (χ0v) is 12.5. The lowest BCUT2D eigenvalue weighted by Gasteiger charge is -2.18. The van der Waals surface area contributed by atoms with E-state index < -0.39 is 5.25 Å². The summed E-state index contributed by atoms with van der Waals surface area (Å²) in [4.78, 5) is 25.4. The third-order valence-electron chi connectivity index (χ3n) is 2.68. The van der Waals surface area contributed by atoms with Crippen LogP contribution in [0, 0.1) is 0 Å². The Balaban J connectivity index is 2.10. The Morgan fingerprint density at radius 2 is 2.05 bits per heavy atom. The van der Waals surface area contributed by atoms with Crippen LogP contribution in [0.1, 0.15) is 6.92 Å². The molecular formula is C12H12Cl2N2O2S. The molecule has 102 valence electrons. The van der Waals surface area contributed by atoms with Crippen LogP contribution in [0.25, 0.3) is 0 Å². The zero-order chi connectivity index (χ0) is 14.0. The molecule has 1 atom stereocenters. The minimum absolute atomic E-state index is 0.240. The standard InChI is InChI=1S/C12H12Cl2N2O2S/c1-7(11(17)16-6-5-15-12(16)18)19-10-8(13)3-2-4-9(10)14/h2-4,7H,5-6H2,1H3,(H,15,18). The van der Waals surface area contributed by atoms with Gasteiger partial charge in [0, 0.05) is 18.0 Å². The van der Waals surface area contributed by atoms with Gasteiger partial charge in [0.2, 0.25) is 5.91 Å². The molecule has 0 aromatic heterocycles. The minimum atomic E-state index is -0.429. The maximum atomic E-state index is 12.1. The molecule has 1 aromatic carbocycles. The van der Waals surface area contributed by atoms with E-state index in [9.17, 15) is 9.59 Å². The fourth-order valence-electron chi connectivity index (χ4n) is 1.72. The van der Waals surface area contributed by atoms with E-state index in [1.165, 1.54) is 16.7 Å². The normalized spacial score (nSPS) is 16.4. The van der Waals surface area contributed by atoms with Gasteiger partial charge in [-0.05, 0) is 19.1 Å². The van der Waals surface area contributed by atoms with Gasteiger partial charge in [-0.15, -0.1) is 11.8 Å². The Kier molecular flexibility index (Phi) is 4.60. The predicted octanol–water partition coefficient (Wildman–Crippen LogP) is 3.03. The first-order chi connectivity index (χ1) is 9.00. The van der Waals surface area contributed by atoms with Crippen molar-refractivity contribution in [2.45, 2.75) is 17.1 Å². The zero-order valence-electron chi connectivity index (χ0n) is 10.2. The highest BCUT2D eigenvalue weighted by atomic mass is 35.5. The molecule has 1 aliphatic rings. The molecule has 0 bridgehead atoms. The van der Waals surface area contributed by atoms with Crippen molar-refractivity contribution < 1.29 is 9.59 Å². The van der Waals surface area contributed by atoms with E-state index in [1.54, 1.807) is 25.1 Å². The number of amides is 3. The first-order valence-corrected chi connectivity index (χ1v) is 7.34. The lowest BCUT2D eigenvalue weighted by atomic mass is 10.4. The predicted molar refractivity (Wildman–Crippen MR) is 76.9 cm³/mol. The van der Waals surface area contributed by atoms with Crippen LogP contribution in [-0.4, -0.2) is 35.2 Å². The van der Waals surface area contributed by atoms with E-state index >= 15 is 0 Å². The van der Waals surface area contributed by atoms with E-state index in [4.69, 9.17) is 23.2 Å². The molecule has 19 heavy (non-hydrogen) atoms. The van der Waals surface area contributed by atoms with Crippen LogP contribution >= 0.6 is 35.0 Å². The number of carbonyl (C=O) groups excluding carboxylic acids is 2. The van der Waals surface area contributed by atoms with Gasteiger partial charge < -0.3 is 5.32 Å². The molecule has 2 rings (SSSR count). The van der Waals surface area contributed by atoms with E-state index in [-0.39, 0.29) is 11.9 Å². The SMILES string of the molecule is CC(Sc1c(Cl)cccc1Cl)C(=O)N1CCNC1=O. The summed E-state index contributed by atoms with van der Waals surface area (Å²) in [5, 5.41) is 3.17. The highest BCUT2D eigenvalue weighted by molar-refractivity contribution is 8.00. The van der Waals surface area contributed by atoms with Gasteiger partial charge in [0.25, 0.3) is 0 Å². The number of rotatable bonds is 3. The molecule has 1 N–H and O–H groups in total. The smallest absolute Gasteiger partial charge is 0.324 e. The van der Waals surface area contributed by atoms with Crippen LogP contribution < -0.4 is 5.32 Å². The monoisotopic (exact) mass is 318 g/mol. The molecule has 1 fully saturated rings. The summed E-state index contributed by atoms with van der Waals surface area (Å²) < 4.78 is 0. The van der Waals surface area contributed by atoms with Crippen LogP contribution in [-0.2, 0) is 4.79 Å². The third-order valence-corrected chi connectivity index (χ3v) is 4.77. The number of urea groups is 1. The molecule has 4 nitrogen and oxygen atoms in total. The van der Waals surface area contributed by atoms with E-state index in [2.05, 4.69) is 5.32 Å². The number of imide groups is 1. The Bertz CT molecular complexity index is 504. The number of benzene rings is 1. The van der Waals surface area contributed by atoms with E-state index in [0.29, 0.717) is 28.0 Å². The van der Waals surface area contributed by atoms with Gasteiger partial charge in [-0.3, -0.25) is 9.69 Å². The van der Waals surface area contributed by atoms with Crippen LogP contribution in [0.4, 0.5) is 4.79 Å².